The number of nitrogens with zero attached hydrogens (tertiary/aromatic N) is 1. The summed E-state index contributed by atoms with van der Waals surface area (Å²) in [6.07, 6.45) is 0.368. The summed E-state index contributed by atoms with van der Waals surface area (Å²) in [6, 6.07) is 6.65. The van der Waals surface area contributed by atoms with Crippen LogP contribution in [0.1, 0.15) is 12.8 Å². The van der Waals surface area contributed by atoms with Crippen molar-refractivity contribution in [3.63, 3.8) is 0 Å². The van der Waals surface area contributed by atoms with Crippen LogP contribution in [-0.4, -0.2) is 29.2 Å². The monoisotopic (exact) mass is 266 g/mol. The van der Waals surface area contributed by atoms with Crippen molar-refractivity contribution in [2.75, 3.05) is 11.9 Å². The lowest BCUT2D eigenvalue weighted by atomic mass is 10.3. The second-order valence-electron chi connectivity index (χ2n) is 3.93. The van der Waals surface area contributed by atoms with Crippen LogP contribution in [0.3, 0.4) is 0 Å². The first-order chi connectivity index (χ1) is 8.56. The van der Waals surface area contributed by atoms with E-state index in [1.165, 1.54) is 0 Å². The molecule has 1 aromatic rings. The number of hydrogen-bond donors (Lipinski definition) is 1. The van der Waals surface area contributed by atoms with Gasteiger partial charge >= 0.3 is 0 Å². The molecule has 1 aromatic carbocycles. The Bertz CT molecular complexity index is 500. The van der Waals surface area contributed by atoms with E-state index in [9.17, 15) is 14.4 Å². The molecule has 0 aromatic heterocycles. The van der Waals surface area contributed by atoms with Crippen molar-refractivity contribution >= 4 is 35.0 Å². The van der Waals surface area contributed by atoms with Crippen LogP contribution in [0.25, 0.3) is 0 Å². The van der Waals surface area contributed by atoms with E-state index in [1.807, 2.05) is 0 Å². The largest absolute Gasteiger partial charge is 0.324 e. The van der Waals surface area contributed by atoms with Gasteiger partial charge in [-0.25, -0.2) is 0 Å². The maximum Gasteiger partial charge on any atom is 0.244 e. The lowest BCUT2D eigenvalue weighted by molar-refractivity contribution is -0.141. The van der Waals surface area contributed by atoms with E-state index in [0.717, 1.165) is 4.90 Å². The molecule has 5 nitrogen and oxygen atoms in total. The Hall–Kier alpha value is -1.88. The van der Waals surface area contributed by atoms with E-state index in [0.29, 0.717) is 10.7 Å². The van der Waals surface area contributed by atoms with Crippen LogP contribution in [-0.2, 0) is 14.4 Å². The topological polar surface area (TPSA) is 66.5 Å². The lowest BCUT2D eigenvalue weighted by Crippen LogP contribution is -2.36. The van der Waals surface area contributed by atoms with Crippen LogP contribution < -0.4 is 5.32 Å². The van der Waals surface area contributed by atoms with Gasteiger partial charge < -0.3 is 5.32 Å². The summed E-state index contributed by atoms with van der Waals surface area (Å²) in [5.74, 6) is -1.02. The molecule has 0 atom stereocenters. The first kappa shape index (κ1) is 12.6. The molecule has 0 spiro atoms. The van der Waals surface area contributed by atoms with Crippen molar-refractivity contribution in [1.82, 2.24) is 4.90 Å². The highest BCUT2D eigenvalue weighted by Crippen LogP contribution is 2.15. The van der Waals surface area contributed by atoms with Crippen molar-refractivity contribution in [2.45, 2.75) is 12.8 Å². The number of anilines is 1. The molecule has 0 saturated carbocycles. The third-order valence-corrected chi connectivity index (χ3v) is 2.80. The number of nitrogens with one attached hydrogen (secondary N) is 1. The zero-order chi connectivity index (χ0) is 13.1. The molecule has 3 amide bonds. The van der Waals surface area contributed by atoms with Crippen molar-refractivity contribution in [3.8, 4) is 0 Å². The van der Waals surface area contributed by atoms with Gasteiger partial charge in [0.15, 0.2) is 0 Å². The molecule has 1 fully saturated rings. The normalized spacial score (nSPS) is 15.1. The molecule has 0 unspecified atom stereocenters. The molecule has 1 aliphatic rings. The van der Waals surface area contributed by atoms with Crippen LogP contribution in [0.15, 0.2) is 24.3 Å². The highest BCUT2D eigenvalue weighted by molar-refractivity contribution is 6.30. The number of rotatable bonds is 3. The average Bonchev–Trinajstić information content (AvgIpc) is 2.61. The minimum Gasteiger partial charge on any atom is -0.324 e. The fraction of sp³-hybridized carbons (Fsp3) is 0.250. The second kappa shape index (κ2) is 5.18. The van der Waals surface area contributed by atoms with Crippen molar-refractivity contribution in [2.24, 2.45) is 0 Å². The minimum absolute atomic E-state index is 0.184. The van der Waals surface area contributed by atoms with Gasteiger partial charge in [0, 0.05) is 23.6 Å². The Kier molecular flexibility index (Phi) is 3.62. The molecule has 1 saturated heterocycles. The molecular weight excluding hydrogens is 256 g/mol. The van der Waals surface area contributed by atoms with Gasteiger partial charge in [-0.05, 0) is 18.2 Å². The molecule has 6 heteroatoms. The fourth-order valence-corrected chi connectivity index (χ4v) is 1.90. The highest BCUT2D eigenvalue weighted by Gasteiger charge is 2.30. The first-order valence-electron chi connectivity index (χ1n) is 5.45. The molecule has 1 aliphatic heterocycles. The third-order valence-electron chi connectivity index (χ3n) is 2.56. The molecule has 1 heterocycles. The van der Waals surface area contributed by atoms with E-state index in [1.54, 1.807) is 24.3 Å². The third kappa shape index (κ3) is 2.87. The van der Waals surface area contributed by atoms with Crippen molar-refractivity contribution < 1.29 is 14.4 Å². The molecule has 1 N–H and O–H groups in total. The van der Waals surface area contributed by atoms with Gasteiger partial charge in [0.05, 0.1) is 0 Å². The summed E-state index contributed by atoms with van der Waals surface area (Å²) >= 11 is 5.77. The number of carbonyl (C=O) groups is 3. The van der Waals surface area contributed by atoms with Gasteiger partial charge in [0.2, 0.25) is 17.7 Å². The van der Waals surface area contributed by atoms with Crippen LogP contribution >= 0.6 is 11.6 Å². The van der Waals surface area contributed by atoms with E-state index in [4.69, 9.17) is 11.6 Å². The summed E-state index contributed by atoms with van der Waals surface area (Å²) in [7, 11) is 0. The zero-order valence-electron chi connectivity index (χ0n) is 9.48. The molecule has 18 heavy (non-hydrogen) atoms. The van der Waals surface area contributed by atoms with Crippen molar-refractivity contribution in [3.05, 3.63) is 29.3 Å². The summed E-state index contributed by atoms with van der Waals surface area (Å²) in [4.78, 5) is 35.3. The number of likely N-dealkylation sites (tertiary alicyclic amines) is 1. The standard InChI is InChI=1S/C12H11ClN2O3/c13-8-2-1-3-9(6-8)14-10(16)7-15-11(17)4-5-12(15)18/h1-3,6H,4-5,7H2,(H,14,16). The lowest BCUT2D eigenvalue weighted by Gasteiger charge is -2.13. The Labute approximate surface area is 109 Å². The number of halogens is 1. The van der Waals surface area contributed by atoms with Crippen LogP contribution in [0.4, 0.5) is 5.69 Å². The molecule has 2 rings (SSSR count). The molecule has 0 radical (unpaired) electrons. The van der Waals surface area contributed by atoms with E-state index >= 15 is 0 Å². The first-order valence-corrected chi connectivity index (χ1v) is 5.82. The number of carbonyl (C=O) groups excluding carboxylic acids is 3. The zero-order valence-corrected chi connectivity index (χ0v) is 10.2. The predicted molar refractivity (Wildman–Crippen MR) is 66.0 cm³/mol. The van der Waals surface area contributed by atoms with Gasteiger partial charge in [0.25, 0.3) is 0 Å². The molecule has 0 aliphatic carbocycles. The predicted octanol–water partition coefficient (Wildman–Crippen LogP) is 1.43. The smallest absolute Gasteiger partial charge is 0.244 e. The minimum atomic E-state index is -0.416. The molecule has 94 valence electrons. The number of amides is 3. The number of benzene rings is 1. The van der Waals surface area contributed by atoms with Gasteiger partial charge in [0.1, 0.15) is 6.54 Å². The Morgan fingerprint density at radius 3 is 2.56 bits per heavy atom. The van der Waals surface area contributed by atoms with Gasteiger partial charge in [-0.2, -0.15) is 0 Å². The van der Waals surface area contributed by atoms with E-state index < -0.39 is 5.91 Å². The quantitative estimate of drug-likeness (QED) is 0.842. The van der Waals surface area contributed by atoms with Crippen molar-refractivity contribution in [1.29, 1.82) is 0 Å². The Morgan fingerprint density at radius 1 is 1.28 bits per heavy atom. The van der Waals surface area contributed by atoms with Crippen LogP contribution in [0, 0.1) is 0 Å². The summed E-state index contributed by atoms with van der Waals surface area (Å²) in [5, 5.41) is 3.08. The summed E-state index contributed by atoms with van der Waals surface area (Å²) in [5.41, 5.74) is 0.534. The number of hydrogen-bond acceptors (Lipinski definition) is 3. The summed E-state index contributed by atoms with van der Waals surface area (Å²) in [6.45, 7) is -0.246. The maximum atomic E-state index is 11.7. The van der Waals surface area contributed by atoms with Gasteiger partial charge in [-0.15, -0.1) is 0 Å². The van der Waals surface area contributed by atoms with E-state index in [-0.39, 0.29) is 31.2 Å². The second-order valence-corrected chi connectivity index (χ2v) is 4.37. The van der Waals surface area contributed by atoms with Crippen LogP contribution in [0.2, 0.25) is 5.02 Å². The van der Waals surface area contributed by atoms with E-state index in [2.05, 4.69) is 5.32 Å². The van der Waals surface area contributed by atoms with Gasteiger partial charge in [-0.1, -0.05) is 17.7 Å². The number of imide groups is 1. The Balaban J connectivity index is 1.97. The Morgan fingerprint density at radius 2 is 1.94 bits per heavy atom. The maximum absolute atomic E-state index is 11.7. The van der Waals surface area contributed by atoms with Gasteiger partial charge in [-0.3, -0.25) is 19.3 Å². The highest BCUT2D eigenvalue weighted by atomic mass is 35.5. The van der Waals surface area contributed by atoms with Crippen LogP contribution in [0.5, 0.6) is 0 Å². The SMILES string of the molecule is O=C(CN1C(=O)CCC1=O)Nc1cccc(Cl)c1. The summed E-state index contributed by atoms with van der Waals surface area (Å²) < 4.78 is 0. The average molecular weight is 267 g/mol. The molecular formula is C12H11ClN2O3. The fourth-order valence-electron chi connectivity index (χ4n) is 1.71. The molecule has 0 bridgehead atoms.